The molecule has 0 aliphatic carbocycles. The fourth-order valence-corrected chi connectivity index (χ4v) is 4.67. The lowest BCUT2D eigenvalue weighted by Crippen LogP contribution is -2.23. The first-order valence-electron chi connectivity index (χ1n) is 9.48. The van der Waals surface area contributed by atoms with E-state index in [0.29, 0.717) is 33.7 Å². The van der Waals surface area contributed by atoms with Gasteiger partial charge < -0.3 is 14.6 Å². The Labute approximate surface area is 190 Å². The van der Waals surface area contributed by atoms with Gasteiger partial charge in [0.05, 0.1) is 34.0 Å². The van der Waals surface area contributed by atoms with E-state index in [0.717, 1.165) is 11.9 Å². The summed E-state index contributed by atoms with van der Waals surface area (Å²) in [5, 5.41) is 8.68. The number of rotatable bonds is 8. The van der Waals surface area contributed by atoms with Gasteiger partial charge in [0.15, 0.2) is 5.16 Å². The van der Waals surface area contributed by atoms with Gasteiger partial charge in [-0.1, -0.05) is 30.3 Å². The molecule has 166 valence electrons. The number of fused-ring (bicyclic) bond motifs is 1. The highest BCUT2D eigenvalue weighted by molar-refractivity contribution is 8.00. The van der Waals surface area contributed by atoms with Crippen molar-refractivity contribution in [2.45, 2.75) is 42.1 Å². The maximum absolute atomic E-state index is 12.8. The molecule has 3 rings (SSSR count). The van der Waals surface area contributed by atoms with Crippen LogP contribution in [0.3, 0.4) is 0 Å². The van der Waals surface area contributed by atoms with E-state index in [-0.39, 0.29) is 10.8 Å². The summed E-state index contributed by atoms with van der Waals surface area (Å²) in [5.74, 6) is 0.259. The van der Waals surface area contributed by atoms with Gasteiger partial charge in [-0.05, 0) is 49.7 Å². The highest BCUT2D eigenvalue weighted by Crippen LogP contribution is 2.31. The van der Waals surface area contributed by atoms with E-state index in [2.05, 4.69) is 10.3 Å². The first-order valence-corrected chi connectivity index (χ1v) is 12.3. The summed E-state index contributed by atoms with van der Waals surface area (Å²) in [4.78, 5) is 17.4. The molecule has 2 aromatic carbocycles. The molecule has 0 aliphatic heterocycles. The lowest BCUT2D eigenvalue weighted by atomic mass is 10.3. The number of aromatic nitrogens is 2. The number of nitrogens with one attached hydrogen (secondary N) is 1. The Hall–Kier alpha value is -2.27. The van der Waals surface area contributed by atoms with Gasteiger partial charge in [-0.3, -0.25) is 4.79 Å². The van der Waals surface area contributed by atoms with Crippen molar-refractivity contribution in [1.29, 1.82) is 0 Å². The van der Waals surface area contributed by atoms with Crippen LogP contribution in [0.2, 0.25) is 5.02 Å². The van der Waals surface area contributed by atoms with Crippen LogP contribution in [0.5, 0.6) is 5.75 Å². The molecule has 1 heterocycles. The van der Waals surface area contributed by atoms with Gasteiger partial charge in [0.25, 0.3) is 0 Å². The number of halogens is 1. The molecule has 3 N–H and O–H groups in total. The second-order valence-corrected chi connectivity index (χ2v) is 10.1. The summed E-state index contributed by atoms with van der Waals surface area (Å²) in [7, 11) is -2.32. The second-order valence-electron chi connectivity index (χ2n) is 6.84. The molecule has 0 saturated carbocycles. The fourth-order valence-electron chi connectivity index (χ4n) is 3.02. The number of amides is 1. The molecular formula is C20H23ClN4O4S2. The van der Waals surface area contributed by atoms with Crippen molar-refractivity contribution in [3.63, 3.8) is 0 Å². The molecule has 0 fully saturated rings. The van der Waals surface area contributed by atoms with Gasteiger partial charge in [0.2, 0.25) is 15.9 Å². The van der Waals surface area contributed by atoms with Crippen LogP contribution >= 0.6 is 23.4 Å². The number of aryl methyl sites for hydroxylation is 1. The number of primary sulfonamides is 1. The lowest BCUT2D eigenvalue weighted by molar-refractivity contribution is -0.115. The quantitative estimate of drug-likeness (QED) is 0.470. The number of thioether (sulfide) groups is 1. The third kappa shape index (κ3) is 5.32. The summed E-state index contributed by atoms with van der Waals surface area (Å²) in [6.07, 6.45) is 0.844. The van der Waals surface area contributed by atoms with Crippen molar-refractivity contribution in [2.75, 3.05) is 12.4 Å². The highest BCUT2D eigenvalue weighted by atomic mass is 35.5. The van der Waals surface area contributed by atoms with Crippen LogP contribution in [0.4, 0.5) is 5.69 Å². The first-order chi connectivity index (χ1) is 14.6. The number of benzene rings is 2. The third-order valence-corrected chi connectivity index (χ3v) is 6.77. The Morgan fingerprint density at radius 1 is 1.32 bits per heavy atom. The van der Waals surface area contributed by atoms with E-state index >= 15 is 0 Å². The maximum Gasteiger partial charge on any atom is 0.238 e. The largest absolute Gasteiger partial charge is 0.495 e. The van der Waals surface area contributed by atoms with E-state index in [1.54, 1.807) is 31.2 Å². The Kier molecular flexibility index (Phi) is 7.15. The number of ether oxygens (including phenoxy) is 1. The molecule has 0 radical (unpaired) electrons. The van der Waals surface area contributed by atoms with E-state index in [1.165, 1.54) is 31.0 Å². The predicted octanol–water partition coefficient (Wildman–Crippen LogP) is 3.88. The molecular weight excluding hydrogens is 460 g/mol. The summed E-state index contributed by atoms with van der Waals surface area (Å²) < 4.78 is 30.6. The predicted molar refractivity (Wildman–Crippen MR) is 123 cm³/mol. The second kappa shape index (κ2) is 9.47. The minimum atomic E-state index is -3.83. The minimum absolute atomic E-state index is 0.00320. The molecule has 31 heavy (non-hydrogen) atoms. The zero-order valence-electron chi connectivity index (χ0n) is 17.3. The first kappa shape index (κ1) is 23.4. The van der Waals surface area contributed by atoms with Crippen LogP contribution < -0.4 is 15.2 Å². The zero-order valence-corrected chi connectivity index (χ0v) is 19.6. The summed E-state index contributed by atoms with van der Waals surface area (Å²) >= 11 is 7.31. The number of methoxy groups -OCH3 is 1. The van der Waals surface area contributed by atoms with Crippen LogP contribution in [0.15, 0.2) is 46.5 Å². The van der Waals surface area contributed by atoms with Crippen molar-refractivity contribution in [2.24, 2.45) is 5.14 Å². The van der Waals surface area contributed by atoms with Crippen molar-refractivity contribution in [1.82, 2.24) is 9.55 Å². The van der Waals surface area contributed by atoms with Crippen molar-refractivity contribution in [3.8, 4) is 5.75 Å². The molecule has 1 amide bonds. The minimum Gasteiger partial charge on any atom is -0.495 e. The number of imidazole rings is 1. The van der Waals surface area contributed by atoms with E-state index in [1.807, 2.05) is 11.5 Å². The van der Waals surface area contributed by atoms with Gasteiger partial charge in [-0.2, -0.15) is 0 Å². The number of nitrogens with zero attached hydrogens (tertiary/aromatic N) is 2. The normalized spacial score (nSPS) is 12.7. The Morgan fingerprint density at radius 3 is 2.71 bits per heavy atom. The molecule has 8 nitrogen and oxygen atoms in total. The lowest BCUT2D eigenvalue weighted by Gasteiger charge is -2.15. The van der Waals surface area contributed by atoms with E-state index < -0.39 is 15.3 Å². The van der Waals surface area contributed by atoms with Crippen LogP contribution in [0.1, 0.15) is 20.3 Å². The fraction of sp³-hybridized carbons (Fsp3) is 0.300. The van der Waals surface area contributed by atoms with E-state index in [9.17, 15) is 13.2 Å². The van der Waals surface area contributed by atoms with Crippen molar-refractivity contribution in [3.05, 3.63) is 41.4 Å². The van der Waals surface area contributed by atoms with Crippen LogP contribution in [0.25, 0.3) is 11.0 Å². The van der Waals surface area contributed by atoms with Crippen molar-refractivity contribution < 1.29 is 17.9 Å². The number of sulfonamides is 1. The number of hydrogen-bond acceptors (Lipinski definition) is 6. The Balaban J connectivity index is 1.88. The van der Waals surface area contributed by atoms with Gasteiger partial charge in [-0.25, -0.2) is 18.5 Å². The molecule has 1 unspecified atom stereocenters. The highest BCUT2D eigenvalue weighted by Gasteiger charge is 2.21. The van der Waals surface area contributed by atoms with Gasteiger partial charge in [0.1, 0.15) is 5.75 Å². The standard InChI is InChI=1S/C20H23ClN4O4S2/c1-4-9-25-17-7-6-14(31(22,27)28)11-15(17)24-20(25)30-12(2)19(26)23-16-10-13(21)5-8-18(16)29-3/h5-8,10-12H,4,9H2,1-3H3,(H,23,26)(H2,22,27,28). The molecule has 0 saturated heterocycles. The van der Waals surface area contributed by atoms with Crippen LogP contribution in [-0.4, -0.2) is 36.2 Å². The number of carbonyl (C=O) groups excluding carboxylic acids is 1. The van der Waals surface area contributed by atoms with Gasteiger partial charge in [0, 0.05) is 11.6 Å². The zero-order chi connectivity index (χ0) is 22.8. The molecule has 11 heteroatoms. The molecule has 1 aromatic heterocycles. The Morgan fingerprint density at radius 2 is 2.06 bits per heavy atom. The monoisotopic (exact) mass is 482 g/mol. The van der Waals surface area contributed by atoms with Crippen LogP contribution in [-0.2, 0) is 21.4 Å². The molecule has 3 aromatic rings. The number of anilines is 1. The smallest absolute Gasteiger partial charge is 0.238 e. The van der Waals surface area contributed by atoms with Crippen LogP contribution in [0, 0.1) is 0 Å². The average Bonchev–Trinajstić information content (AvgIpc) is 3.04. The molecule has 0 spiro atoms. The number of hydrogen-bond donors (Lipinski definition) is 2. The molecule has 1 atom stereocenters. The maximum atomic E-state index is 12.8. The number of nitrogens with two attached hydrogens (primary N) is 1. The Bertz CT molecular complexity index is 1230. The summed E-state index contributed by atoms with van der Waals surface area (Å²) in [5.41, 5.74) is 1.76. The molecule has 0 aliphatic rings. The van der Waals surface area contributed by atoms with Gasteiger partial charge >= 0.3 is 0 Å². The van der Waals surface area contributed by atoms with Gasteiger partial charge in [-0.15, -0.1) is 0 Å². The van der Waals surface area contributed by atoms with Crippen molar-refractivity contribution >= 4 is 56.0 Å². The number of carbonyl (C=O) groups is 1. The average molecular weight is 483 g/mol. The topological polar surface area (TPSA) is 116 Å². The van der Waals surface area contributed by atoms with E-state index in [4.69, 9.17) is 21.5 Å². The SMILES string of the molecule is CCCn1c(SC(C)C(=O)Nc2cc(Cl)ccc2OC)nc2cc(S(N)(=O)=O)ccc21. The summed E-state index contributed by atoms with van der Waals surface area (Å²) in [6, 6.07) is 9.57. The third-order valence-electron chi connectivity index (χ3n) is 4.53. The molecule has 0 bridgehead atoms. The summed E-state index contributed by atoms with van der Waals surface area (Å²) in [6.45, 7) is 4.47.